The maximum absolute atomic E-state index is 14.2. The lowest BCUT2D eigenvalue weighted by molar-refractivity contribution is -0.384. The molecule has 9 nitrogen and oxygen atoms in total. The van der Waals surface area contributed by atoms with E-state index < -0.39 is 60.4 Å². The molecule has 0 spiro atoms. The van der Waals surface area contributed by atoms with Crippen molar-refractivity contribution in [2.45, 2.75) is 26.5 Å². The molecule has 2 fully saturated rings. The van der Waals surface area contributed by atoms with Crippen LogP contribution in [0.1, 0.15) is 27.1 Å². The van der Waals surface area contributed by atoms with Crippen LogP contribution in [0.3, 0.4) is 0 Å². The van der Waals surface area contributed by atoms with E-state index in [0.29, 0.717) is 15.0 Å². The zero-order chi connectivity index (χ0) is 31.8. The lowest BCUT2D eigenvalue weighted by Gasteiger charge is -2.39. The quantitative estimate of drug-likeness (QED) is 0.0951. The predicted molar refractivity (Wildman–Crippen MR) is 163 cm³/mol. The van der Waals surface area contributed by atoms with Gasteiger partial charge in [-0.2, -0.15) is 5.01 Å². The highest BCUT2D eigenvalue weighted by molar-refractivity contribution is 6.66. The van der Waals surface area contributed by atoms with E-state index in [9.17, 15) is 29.3 Å². The molecule has 226 valence electrons. The number of allylic oxidation sites excluding steroid dienone is 2. The van der Waals surface area contributed by atoms with Crippen LogP contribution in [0.25, 0.3) is 0 Å². The van der Waals surface area contributed by atoms with Gasteiger partial charge in [-0.1, -0.05) is 58.0 Å². The normalized spacial score (nSPS) is 27.9. The Hall–Kier alpha value is -1.82. The molecule has 5 rings (SSSR count). The molecule has 0 radical (unpaired) electrons. The van der Waals surface area contributed by atoms with Gasteiger partial charge in [0.1, 0.15) is 15.8 Å². The topological polar surface area (TPSA) is 118 Å². The number of halogens is 8. The summed E-state index contributed by atoms with van der Waals surface area (Å²) in [6, 6.07) is 8.43. The van der Waals surface area contributed by atoms with Crippen LogP contribution in [0, 0.1) is 22.0 Å². The van der Waals surface area contributed by atoms with Gasteiger partial charge in [0.15, 0.2) is 10.1 Å². The van der Waals surface area contributed by atoms with Crippen LogP contribution in [-0.4, -0.2) is 64.4 Å². The lowest BCUT2D eigenvalue weighted by atomic mass is 9.84. The van der Waals surface area contributed by atoms with Gasteiger partial charge in [0, 0.05) is 34.2 Å². The van der Waals surface area contributed by atoms with Crippen LogP contribution in [0.2, 0.25) is 5.02 Å². The Morgan fingerprint density at radius 1 is 0.860 bits per heavy atom. The second-order valence-electron chi connectivity index (χ2n) is 9.89. The predicted octanol–water partition coefficient (Wildman–Crippen LogP) is 6.93. The van der Waals surface area contributed by atoms with E-state index in [1.165, 1.54) is 24.3 Å². The Kier molecular flexibility index (Phi) is 8.49. The molecule has 43 heavy (non-hydrogen) atoms. The van der Waals surface area contributed by atoms with E-state index in [2.05, 4.69) is 0 Å². The van der Waals surface area contributed by atoms with Gasteiger partial charge in [0.25, 0.3) is 23.4 Å². The van der Waals surface area contributed by atoms with E-state index in [-0.39, 0.29) is 39.2 Å². The number of amides is 3. The molecule has 2 aromatic carbocycles. The summed E-state index contributed by atoms with van der Waals surface area (Å²) in [6.45, 7) is 0. The van der Waals surface area contributed by atoms with Crippen molar-refractivity contribution in [1.82, 2.24) is 10.0 Å². The van der Waals surface area contributed by atoms with Crippen LogP contribution < -0.4 is 0 Å². The number of alkyl halides is 5. The summed E-state index contributed by atoms with van der Waals surface area (Å²) in [5.74, 6) is -7.30. The number of nitro benzene ring substituents is 1. The number of carbonyl (C=O) groups excluding carboxylic acids is 4. The van der Waals surface area contributed by atoms with E-state index in [1.807, 2.05) is 0 Å². The highest BCUT2D eigenvalue weighted by atomic mass is 35.5. The zero-order valence-corrected chi connectivity index (χ0v) is 27.1. The number of fused-ring (bicyclic) bond motifs is 5. The molecule has 3 amide bonds. The van der Waals surface area contributed by atoms with E-state index >= 15 is 0 Å². The van der Waals surface area contributed by atoms with E-state index in [4.69, 9.17) is 92.8 Å². The molecule has 3 aliphatic rings. The fourth-order valence-corrected chi connectivity index (χ4v) is 8.96. The Labute approximate surface area is 283 Å². The molecule has 17 heteroatoms. The molecular weight excluding hydrogens is 734 g/mol. The van der Waals surface area contributed by atoms with Gasteiger partial charge in [-0.15, -0.1) is 34.8 Å². The fraction of sp³-hybridized carbons (Fsp3) is 0.308. The van der Waals surface area contributed by atoms with Crippen molar-refractivity contribution in [2.24, 2.45) is 11.8 Å². The van der Waals surface area contributed by atoms with E-state index in [0.717, 1.165) is 24.3 Å². The largest absolute Gasteiger partial charge is 0.292 e. The van der Waals surface area contributed by atoms with Crippen molar-refractivity contribution in [3.8, 4) is 0 Å². The van der Waals surface area contributed by atoms with Gasteiger partial charge in [-0.25, -0.2) is 5.01 Å². The van der Waals surface area contributed by atoms with Gasteiger partial charge in [0.05, 0.1) is 26.8 Å². The molecule has 1 heterocycles. The lowest BCUT2D eigenvalue weighted by Crippen LogP contribution is -2.60. The number of imide groups is 1. The Morgan fingerprint density at radius 3 is 1.77 bits per heavy atom. The summed E-state index contributed by atoms with van der Waals surface area (Å²) in [6.07, 6.45) is -0.235. The Morgan fingerprint density at radius 2 is 1.33 bits per heavy atom. The summed E-state index contributed by atoms with van der Waals surface area (Å²) in [7, 11) is 0. The van der Waals surface area contributed by atoms with Gasteiger partial charge < -0.3 is 0 Å². The summed E-state index contributed by atoms with van der Waals surface area (Å²) in [4.78, 5) is 62.5. The molecule has 2 aromatic rings. The van der Waals surface area contributed by atoms with Crippen molar-refractivity contribution in [3.63, 3.8) is 0 Å². The minimum atomic E-state index is -2.23. The summed E-state index contributed by atoms with van der Waals surface area (Å²) >= 11 is 51.6. The zero-order valence-electron chi connectivity index (χ0n) is 21.1. The first kappa shape index (κ1) is 32.6. The number of hydrogen-bond donors (Lipinski definition) is 0. The van der Waals surface area contributed by atoms with Crippen molar-refractivity contribution in [3.05, 3.63) is 84.9 Å². The SMILES string of the molecule is O=C(c1ccc(Cl)cc1)[C@H](CCCl)N(C(=O)c1ccc([N+](=O)[O-])cc1)N1C(=O)[C@@H]2[C@H](C1=O)[C@@]1(Cl)C(Cl)=C(Cl)[C@@]2(Cl)C1(Cl)Cl. The third-order valence-electron chi connectivity index (χ3n) is 7.74. The summed E-state index contributed by atoms with van der Waals surface area (Å²) in [5.41, 5.74) is -0.452. The first-order chi connectivity index (χ1) is 20.1. The number of carbonyl (C=O) groups is 4. The molecule has 0 unspecified atom stereocenters. The number of Topliss-reactive ketones (excluding diaryl/α,β-unsaturated/α-hetero) is 1. The fourth-order valence-electron chi connectivity index (χ4n) is 5.70. The third kappa shape index (κ3) is 4.41. The number of nitrogens with zero attached hydrogens (tertiary/aromatic N) is 3. The number of ketones is 1. The number of non-ortho nitro benzene ring substituents is 1. The smallest absolute Gasteiger partial charge is 0.273 e. The van der Waals surface area contributed by atoms with Gasteiger partial charge in [-0.05, 0) is 42.8 Å². The first-order valence-corrected chi connectivity index (χ1v) is 15.4. The molecule has 0 aromatic heterocycles. The van der Waals surface area contributed by atoms with E-state index in [1.54, 1.807) is 0 Å². The number of hydrogen-bond acceptors (Lipinski definition) is 6. The molecule has 1 saturated heterocycles. The molecule has 5 atom stereocenters. The highest BCUT2D eigenvalue weighted by Gasteiger charge is 2.88. The second kappa shape index (κ2) is 11.2. The molecular formula is C26H15Cl8N3O6. The van der Waals surface area contributed by atoms with Crippen molar-refractivity contribution < 1.29 is 24.1 Å². The van der Waals surface area contributed by atoms with Gasteiger partial charge >= 0.3 is 0 Å². The highest BCUT2D eigenvalue weighted by Crippen LogP contribution is 2.77. The number of nitro groups is 1. The van der Waals surface area contributed by atoms with Crippen molar-refractivity contribution >= 4 is 122 Å². The maximum atomic E-state index is 14.2. The second-order valence-corrected chi connectivity index (χ2v) is 14.0. The minimum absolute atomic E-state index is 0.0799. The van der Waals surface area contributed by atoms with Crippen molar-refractivity contribution in [1.29, 1.82) is 0 Å². The average molecular weight is 749 g/mol. The Balaban J connectivity index is 1.67. The molecule has 1 aliphatic heterocycles. The van der Waals surface area contributed by atoms with Crippen LogP contribution >= 0.6 is 92.8 Å². The molecule has 0 N–H and O–H groups in total. The minimum Gasteiger partial charge on any atom is -0.292 e. The summed E-state index contributed by atoms with van der Waals surface area (Å²) in [5, 5.41) is 11.9. The molecule has 2 aliphatic carbocycles. The van der Waals surface area contributed by atoms with Crippen LogP contribution in [-0.2, 0) is 9.59 Å². The van der Waals surface area contributed by atoms with Crippen LogP contribution in [0.15, 0.2) is 58.6 Å². The monoisotopic (exact) mass is 745 g/mol. The number of rotatable bonds is 8. The standard InChI is InChI=1S/C26H15Cl8N3O6/c27-10-9-15(18(38)11-1-5-13(28)6-2-11)35(21(39)12-3-7-14(8-4-12)37(42)43)36-22(40)16-17(23(36)41)25(32)20(30)19(29)24(16,31)26(25,33)34/h1-8,15-17H,9-10H2/t15-,16-,17+,24+,25+/m0/s1. The number of benzene rings is 2. The van der Waals surface area contributed by atoms with Crippen molar-refractivity contribution in [2.75, 3.05) is 5.88 Å². The molecule has 2 bridgehead atoms. The van der Waals surface area contributed by atoms with Gasteiger partial charge in [-0.3, -0.25) is 29.3 Å². The Bertz CT molecular complexity index is 1570. The van der Waals surface area contributed by atoms with Crippen LogP contribution in [0.4, 0.5) is 5.69 Å². The van der Waals surface area contributed by atoms with Crippen LogP contribution in [0.5, 0.6) is 0 Å². The van der Waals surface area contributed by atoms with Gasteiger partial charge in [0.2, 0.25) is 0 Å². The molecule has 1 saturated carbocycles. The maximum Gasteiger partial charge on any atom is 0.273 e. The number of hydrazine groups is 1. The third-order valence-corrected chi connectivity index (χ3v) is 12.5. The summed E-state index contributed by atoms with van der Waals surface area (Å²) < 4.78 is -2.23. The first-order valence-electron chi connectivity index (χ1n) is 12.2. The average Bonchev–Trinajstić information content (AvgIpc) is 3.35.